The van der Waals surface area contributed by atoms with E-state index in [1.807, 2.05) is 13.8 Å². The van der Waals surface area contributed by atoms with E-state index in [-0.39, 0.29) is 22.5 Å². The summed E-state index contributed by atoms with van der Waals surface area (Å²) in [6, 6.07) is 8.73. The lowest BCUT2D eigenvalue weighted by molar-refractivity contribution is 0.102. The summed E-state index contributed by atoms with van der Waals surface area (Å²) in [5, 5.41) is 2.90. The van der Waals surface area contributed by atoms with Crippen LogP contribution in [0.3, 0.4) is 0 Å². The van der Waals surface area contributed by atoms with Crippen LogP contribution in [0.4, 0.5) is 5.69 Å². The Bertz CT molecular complexity index is 1130. The molecule has 1 amide bonds. The number of carbonyl (C=O) groups is 1. The van der Waals surface area contributed by atoms with E-state index in [1.165, 1.54) is 4.57 Å². The summed E-state index contributed by atoms with van der Waals surface area (Å²) in [4.78, 5) is 44.3. The Morgan fingerprint density at radius 2 is 1.93 bits per heavy atom. The maximum absolute atomic E-state index is 12.9. The predicted molar refractivity (Wildman–Crippen MR) is 108 cm³/mol. The van der Waals surface area contributed by atoms with Crippen molar-refractivity contribution in [3.05, 3.63) is 66.9 Å². The van der Waals surface area contributed by atoms with E-state index >= 15 is 0 Å². The molecule has 8 heteroatoms. The predicted octanol–water partition coefficient (Wildman–Crippen LogP) is 3.24. The van der Waals surface area contributed by atoms with Gasteiger partial charge in [-0.25, -0.2) is 9.78 Å². The Morgan fingerprint density at radius 3 is 2.52 bits per heavy atom. The first kappa shape index (κ1) is 19.0. The van der Waals surface area contributed by atoms with Crippen molar-refractivity contribution < 1.29 is 4.79 Å². The van der Waals surface area contributed by atoms with Crippen molar-refractivity contribution in [1.29, 1.82) is 0 Å². The molecule has 0 fully saturated rings. The molecule has 0 saturated heterocycles. The van der Waals surface area contributed by atoms with Gasteiger partial charge in [-0.15, -0.1) is 0 Å². The molecule has 27 heavy (non-hydrogen) atoms. The molecule has 0 saturated carbocycles. The summed E-state index contributed by atoms with van der Waals surface area (Å²) in [7, 11) is 0. The number of rotatable bonds is 4. The van der Waals surface area contributed by atoms with Gasteiger partial charge in [-0.2, -0.15) is 0 Å². The summed E-state index contributed by atoms with van der Waals surface area (Å²) in [6.45, 7) is 5.98. The van der Waals surface area contributed by atoms with Crippen LogP contribution in [-0.2, 0) is 6.54 Å². The molecule has 0 bridgehead atoms. The fourth-order valence-electron chi connectivity index (χ4n) is 2.79. The number of anilines is 1. The Labute approximate surface area is 163 Å². The van der Waals surface area contributed by atoms with Crippen LogP contribution in [0, 0.1) is 0 Å². The summed E-state index contributed by atoms with van der Waals surface area (Å²) < 4.78 is 2.25. The number of aromatic nitrogens is 3. The van der Waals surface area contributed by atoms with Crippen molar-refractivity contribution in [3.63, 3.8) is 0 Å². The molecular weight excluding hydrogens is 412 g/mol. The van der Waals surface area contributed by atoms with Crippen LogP contribution in [0.2, 0.25) is 0 Å². The van der Waals surface area contributed by atoms with Crippen LogP contribution in [0.1, 0.15) is 42.7 Å². The van der Waals surface area contributed by atoms with Gasteiger partial charge in [-0.1, -0.05) is 29.8 Å². The highest BCUT2D eigenvalue weighted by atomic mass is 79.9. The van der Waals surface area contributed by atoms with Gasteiger partial charge in [0.15, 0.2) is 5.65 Å². The molecular formula is C19H19BrN4O3. The quantitative estimate of drug-likeness (QED) is 0.663. The lowest BCUT2D eigenvalue weighted by Gasteiger charge is -2.14. The highest BCUT2D eigenvalue weighted by Crippen LogP contribution is 2.21. The molecule has 0 atom stereocenters. The second-order valence-electron chi connectivity index (χ2n) is 6.41. The van der Waals surface area contributed by atoms with Crippen molar-refractivity contribution >= 4 is 38.6 Å². The zero-order chi connectivity index (χ0) is 19.7. The van der Waals surface area contributed by atoms with Crippen LogP contribution in [0.15, 0.2) is 44.4 Å². The molecule has 2 aromatic heterocycles. The largest absolute Gasteiger partial charge is 0.329 e. The molecule has 0 radical (unpaired) electrons. The third kappa shape index (κ3) is 3.71. The summed E-state index contributed by atoms with van der Waals surface area (Å²) in [6.07, 6.45) is 0. The molecule has 0 spiro atoms. The standard InChI is InChI=1S/C19H19BrN4O3/c1-4-24-16-15(18(26)23-19(24)27)13(9-14(22-16)10(2)3)17(25)21-12-7-5-11(20)6-8-12/h5-10H,4H2,1-3H3,(H,21,25)(H,23,26,27). The van der Waals surface area contributed by atoms with Crippen LogP contribution in [0.25, 0.3) is 11.0 Å². The monoisotopic (exact) mass is 430 g/mol. The van der Waals surface area contributed by atoms with E-state index in [0.717, 1.165) is 4.47 Å². The number of pyridine rings is 1. The van der Waals surface area contributed by atoms with Gasteiger partial charge in [0.25, 0.3) is 11.5 Å². The molecule has 2 N–H and O–H groups in total. The number of nitrogens with one attached hydrogen (secondary N) is 2. The van der Waals surface area contributed by atoms with E-state index in [9.17, 15) is 14.4 Å². The molecule has 3 aromatic rings. The fourth-order valence-corrected chi connectivity index (χ4v) is 3.06. The van der Waals surface area contributed by atoms with E-state index in [4.69, 9.17) is 0 Å². The minimum atomic E-state index is -0.622. The fraction of sp³-hybridized carbons (Fsp3) is 0.263. The van der Waals surface area contributed by atoms with Crippen molar-refractivity contribution in [1.82, 2.24) is 14.5 Å². The lowest BCUT2D eigenvalue weighted by Crippen LogP contribution is -2.32. The molecule has 140 valence electrons. The number of halogens is 1. The van der Waals surface area contributed by atoms with Gasteiger partial charge in [0.1, 0.15) is 0 Å². The number of benzene rings is 1. The number of carbonyl (C=O) groups excluding carboxylic acids is 1. The average Bonchev–Trinajstić information content (AvgIpc) is 2.62. The first-order chi connectivity index (χ1) is 12.8. The average molecular weight is 431 g/mol. The van der Waals surface area contributed by atoms with Crippen molar-refractivity contribution in [2.75, 3.05) is 5.32 Å². The third-order valence-electron chi connectivity index (χ3n) is 4.22. The molecule has 2 heterocycles. The Hall–Kier alpha value is -2.74. The zero-order valence-electron chi connectivity index (χ0n) is 15.2. The Kier molecular flexibility index (Phi) is 5.27. The van der Waals surface area contributed by atoms with Crippen LogP contribution in [0.5, 0.6) is 0 Å². The minimum absolute atomic E-state index is 0.0216. The van der Waals surface area contributed by atoms with E-state index < -0.39 is 17.2 Å². The zero-order valence-corrected chi connectivity index (χ0v) is 16.8. The molecule has 0 aliphatic rings. The van der Waals surface area contributed by atoms with Gasteiger partial charge in [0.05, 0.1) is 10.9 Å². The third-order valence-corrected chi connectivity index (χ3v) is 4.75. The SMILES string of the molecule is CCn1c(=O)[nH]c(=O)c2c(C(=O)Nc3ccc(Br)cc3)cc(C(C)C)nc21. The molecule has 7 nitrogen and oxygen atoms in total. The molecule has 0 aliphatic heterocycles. The van der Waals surface area contributed by atoms with E-state index in [1.54, 1.807) is 37.3 Å². The number of amides is 1. The summed E-state index contributed by atoms with van der Waals surface area (Å²) in [5.74, 6) is -0.410. The first-order valence-corrected chi connectivity index (χ1v) is 9.35. The van der Waals surface area contributed by atoms with Crippen LogP contribution >= 0.6 is 15.9 Å². The number of aromatic amines is 1. The molecule has 3 rings (SSSR count). The number of hydrogen-bond donors (Lipinski definition) is 2. The topological polar surface area (TPSA) is 96.9 Å². The second kappa shape index (κ2) is 7.48. The van der Waals surface area contributed by atoms with Crippen LogP contribution in [-0.4, -0.2) is 20.4 Å². The van der Waals surface area contributed by atoms with Gasteiger partial charge in [0, 0.05) is 22.4 Å². The van der Waals surface area contributed by atoms with Crippen molar-refractivity contribution in [2.24, 2.45) is 0 Å². The minimum Gasteiger partial charge on any atom is -0.322 e. The van der Waals surface area contributed by atoms with Gasteiger partial charge in [-0.05, 0) is 43.2 Å². The number of nitrogens with zero attached hydrogens (tertiary/aromatic N) is 2. The maximum atomic E-state index is 12.9. The number of H-pyrrole nitrogens is 1. The Balaban J connectivity index is 2.24. The van der Waals surface area contributed by atoms with Crippen molar-refractivity contribution in [2.45, 2.75) is 33.2 Å². The normalized spacial score (nSPS) is 11.1. The maximum Gasteiger partial charge on any atom is 0.329 e. The highest BCUT2D eigenvalue weighted by molar-refractivity contribution is 9.10. The molecule has 0 aliphatic carbocycles. The first-order valence-electron chi connectivity index (χ1n) is 8.56. The van der Waals surface area contributed by atoms with Gasteiger partial charge in [-0.3, -0.25) is 19.1 Å². The Morgan fingerprint density at radius 1 is 1.26 bits per heavy atom. The number of aryl methyl sites for hydroxylation is 1. The van der Waals surface area contributed by atoms with Crippen molar-refractivity contribution in [3.8, 4) is 0 Å². The van der Waals surface area contributed by atoms with E-state index in [0.29, 0.717) is 17.9 Å². The molecule has 1 aromatic carbocycles. The van der Waals surface area contributed by atoms with Gasteiger partial charge in [0.2, 0.25) is 0 Å². The summed E-state index contributed by atoms with van der Waals surface area (Å²) >= 11 is 3.35. The second-order valence-corrected chi connectivity index (χ2v) is 7.33. The number of fused-ring (bicyclic) bond motifs is 1. The van der Waals surface area contributed by atoms with Gasteiger partial charge >= 0.3 is 5.69 Å². The van der Waals surface area contributed by atoms with Crippen LogP contribution < -0.4 is 16.6 Å². The highest BCUT2D eigenvalue weighted by Gasteiger charge is 2.20. The smallest absolute Gasteiger partial charge is 0.322 e. The van der Waals surface area contributed by atoms with E-state index in [2.05, 4.69) is 31.2 Å². The lowest BCUT2D eigenvalue weighted by atomic mass is 10.0. The molecule has 0 unspecified atom stereocenters. The van der Waals surface area contributed by atoms with Gasteiger partial charge < -0.3 is 5.32 Å². The number of hydrogen-bond acceptors (Lipinski definition) is 4. The summed E-state index contributed by atoms with van der Waals surface area (Å²) in [5.41, 5.74) is 0.481.